The van der Waals surface area contributed by atoms with E-state index in [9.17, 15) is 4.79 Å². The van der Waals surface area contributed by atoms with Crippen LogP contribution in [0.3, 0.4) is 0 Å². The van der Waals surface area contributed by atoms with Crippen molar-refractivity contribution in [3.8, 4) is 0 Å². The molecule has 0 unspecified atom stereocenters. The van der Waals surface area contributed by atoms with E-state index in [1.54, 1.807) is 12.1 Å². The number of nitrogens with one attached hydrogen (secondary N) is 1. The van der Waals surface area contributed by atoms with Crippen molar-refractivity contribution in [3.63, 3.8) is 0 Å². The topological polar surface area (TPSA) is 38.3 Å². The Morgan fingerprint density at radius 1 is 1.29 bits per heavy atom. The van der Waals surface area contributed by atoms with Crippen LogP contribution in [-0.2, 0) is 11.3 Å². The first-order chi connectivity index (χ1) is 7.77. The van der Waals surface area contributed by atoms with Crippen LogP contribution >= 0.6 is 12.4 Å². The fourth-order valence-electron chi connectivity index (χ4n) is 1.41. The van der Waals surface area contributed by atoms with E-state index in [0.717, 1.165) is 13.1 Å². The predicted molar refractivity (Wildman–Crippen MR) is 71.6 cm³/mol. The zero-order valence-corrected chi connectivity index (χ0v) is 11.2. The van der Waals surface area contributed by atoms with Gasteiger partial charge in [0.25, 0.3) is 0 Å². The molecule has 1 rings (SSSR count). The first-order valence-electron chi connectivity index (χ1n) is 5.66. The Balaban J connectivity index is 0.00000256. The van der Waals surface area contributed by atoms with Crippen LogP contribution in [0.4, 0.5) is 0 Å². The van der Waals surface area contributed by atoms with Crippen molar-refractivity contribution in [3.05, 3.63) is 35.4 Å². The summed E-state index contributed by atoms with van der Waals surface area (Å²) >= 11 is 0. The number of unbranched alkanes of at least 4 members (excludes halogenated alkanes) is 1. The maximum atomic E-state index is 11.2. The number of halogens is 1. The van der Waals surface area contributed by atoms with Gasteiger partial charge in [0.1, 0.15) is 0 Å². The minimum absolute atomic E-state index is 0. The van der Waals surface area contributed by atoms with E-state index in [1.807, 2.05) is 12.1 Å². The van der Waals surface area contributed by atoms with Crippen LogP contribution in [0.1, 0.15) is 35.7 Å². The predicted octanol–water partition coefficient (Wildman–Crippen LogP) is 2.78. The summed E-state index contributed by atoms with van der Waals surface area (Å²) in [5.41, 5.74) is 1.78. The number of carbonyl (C=O) groups excluding carboxylic acids is 1. The van der Waals surface area contributed by atoms with Gasteiger partial charge < -0.3 is 10.1 Å². The normalized spacial score (nSPS) is 9.53. The monoisotopic (exact) mass is 257 g/mol. The zero-order chi connectivity index (χ0) is 11.8. The molecule has 1 N–H and O–H groups in total. The Morgan fingerprint density at radius 2 is 1.94 bits per heavy atom. The van der Waals surface area contributed by atoms with Crippen LogP contribution in [0.2, 0.25) is 0 Å². The number of carbonyl (C=O) groups is 1. The fourth-order valence-corrected chi connectivity index (χ4v) is 1.41. The minimum Gasteiger partial charge on any atom is -0.465 e. The zero-order valence-electron chi connectivity index (χ0n) is 10.4. The molecule has 0 atom stereocenters. The molecule has 3 nitrogen and oxygen atoms in total. The SMILES string of the molecule is CCCCNCc1ccc(C(=O)OC)cc1.Cl. The standard InChI is InChI=1S/C13H19NO2.ClH/c1-3-4-9-14-10-11-5-7-12(8-6-11)13(15)16-2;/h5-8,14H,3-4,9-10H2,1-2H3;1H. The van der Waals surface area contributed by atoms with Crippen molar-refractivity contribution in [2.75, 3.05) is 13.7 Å². The number of hydrogen-bond acceptors (Lipinski definition) is 3. The molecule has 0 amide bonds. The van der Waals surface area contributed by atoms with Gasteiger partial charge in [-0.2, -0.15) is 0 Å². The molecule has 0 aliphatic carbocycles. The van der Waals surface area contributed by atoms with Gasteiger partial charge >= 0.3 is 5.97 Å². The van der Waals surface area contributed by atoms with Gasteiger partial charge in [0, 0.05) is 6.54 Å². The highest BCUT2D eigenvalue weighted by Gasteiger charge is 2.03. The number of hydrogen-bond donors (Lipinski definition) is 1. The third kappa shape index (κ3) is 5.71. The van der Waals surface area contributed by atoms with Gasteiger partial charge in [0.15, 0.2) is 0 Å². The first kappa shape index (κ1) is 15.9. The average molecular weight is 258 g/mol. The van der Waals surface area contributed by atoms with Crippen LogP contribution in [0.15, 0.2) is 24.3 Å². The van der Waals surface area contributed by atoms with Crippen LogP contribution < -0.4 is 5.32 Å². The lowest BCUT2D eigenvalue weighted by molar-refractivity contribution is 0.0600. The van der Waals surface area contributed by atoms with Crippen LogP contribution in [-0.4, -0.2) is 19.6 Å². The number of benzene rings is 1. The second-order valence-electron chi connectivity index (χ2n) is 3.72. The van der Waals surface area contributed by atoms with E-state index in [0.29, 0.717) is 5.56 Å². The molecule has 96 valence electrons. The third-order valence-electron chi connectivity index (χ3n) is 2.41. The highest BCUT2D eigenvalue weighted by atomic mass is 35.5. The van der Waals surface area contributed by atoms with Crippen molar-refractivity contribution in [2.45, 2.75) is 26.3 Å². The van der Waals surface area contributed by atoms with Gasteiger partial charge in [0.05, 0.1) is 12.7 Å². The van der Waals surface area contributed by atoms with Crippen molar-refractivity contribution >= 4 is 18.4 Å². The molecular formula is C13H20ClNO2. The van der Waals surface area contributed by atoms with Crippen molar-refractivity contribution in [2.24, 2.45) is 0 Å². The summed E-state index contributed by atoms with van der Waals surface area (Å²) in [4.78, 5) is 11.2. The molecule has 0 aliphatic rings. The summed E-state index contributed by atoms with van der Waals surface area (Å²) in [6.07, 6.45) is 2.40. The van der Waals surface area contributed by atoms with Gasteiger partial charge in [-0.1, -0.05) is 25.5 Å². The number of methoxy groups -OCH3 is 1. The molecule has 0 fully saturated rings. The molecule has 1 aromatic rings. The Morgan fingerprint density at radius 3 is 2.47 bits per heavy atom. The van der Waals surface area contributed by atoms with E-state index in [-0.39, 0.29) is 18.4 Å². The summed E-state index contributed by atoms with van der Waals surface area (Å²) in [6, 6.07) is 7.49. The van der Waals surface area contributed by atoms with E-state index in [4.69, 9.17) is 0 Å². The molecule has 0 saturated carbocycles. The molecule has 0 spiro atoms. The Bertz CT molecular complexity index is 325. The molecule has 0 heterocycles. The van der Waals surface area contributed by atoms with E-state index < -0.39 is 0 Å². The highest BCUT2D eigenvalue weighted by molar-refractivity contribution is 5.89. The fraction of sp³-hybridized carbons (Fsp3) is 0.462. The molecular weight excluding hydrogens is 238 g/mol. The van der Waals surface area contributed by atoms with Gasteiger partial charge in [-0.15, -0.1) is 12.4 Å². The van der Waals surface area contributed by atoms with Crippen LogP contribution in [0.5, 0.6) is 0 Å². The molecule has 0 aliphatic heterocycles. The minimum atomic E-state index is -0.287. The molecule has 17 heavy (non-hydrogen) atoms. The van der Waals surface area contributed by atoms with E-state index >= 15 is 0 Å². The Labute approximate surface area is 109 Å². The summed E-state index contributed by atoms with van der Waals surface area (Å²) < 4.78 is 4.63. The maximum Gasteiger partial charge on any atom is 0.337 e. The lowest BCUT2D eigenvalue weighted by Gasteiger charge is -2.04. The third-order valence-corrected chi connectivity index (χ3v) is 2.41. The number of ether oxygens (including phenoxy) is 1. The van der Waals surface area contributed by atoms with Crippen molar-refractivity contribution in [1.82, 2.24) is 5.32 Å². The Hall–Kier alpha value is -1.06. The van der Waals surface area contributed by atoms with Gasteiger partial charge in [-0.3, -0.25) is 0 Å². The quantitative estimate of drug-likeness (QED) is 0.629. The average Bonchev–Trinajstić information content (AvgIpc) is 2.34. The molecule has 0 saturated heterocycles. The van der Waals surface area contributed by atoms with Crippen molar-refractivity contribution in [1.29, 1.82) is 0 Å². The molecule has 0 aromatic heterocycles. The molecule has 0 radical (unpaired) electrons. The summed E-state index contributed by atoms with van der Waals surface area (Å²) in [5, 5.41) is 3.35. The molecule has 4 heteroatoms. The summed E-state index contributed by atoms with van der Waals surface area (Å²) in [5.74, 6) is -0.287. The number of esters is 1. The summed E-state index contributed by atoms with van der Waals surface area (Å²) in [7, 11) is 1.39. The second-order valence-corrected chi connectivity index (χ2v) is 3.72. The van der Waals surface area contributed by atoms with Crippen LogP contribution in [0.25, 0.3) is 0 Å². The smallest absolute Gasteiger partial charge is 0.337 e. The highest BCUT2D eigenvalue weighted by Crippen LogP contribution is 2.05. The summed E-state index contributed by atoms with van der Waals surface area (Å²) in [6.45, 7) is 4.06. The lowest BCUT2D eigenvalue weighted by Crippen LogP contribution is -2.14. The second kappa shape index (κ2) is 9.02. The lowest BCUT2D eigenvalue weighted by atomic mass is 10.1. The molecule has 0 bridgehead atoms. The number of rotatable bonds is 6. The Kier molecular flexibility index (Phi) is 8.46. The van der Waals surface area contributed by atoms with Crippen molar-refractivity contribution < 1.29 is 9.53 Å². The van der Waals surface area contributed by atoms with Gasteiger partial charge in [-0.05, 0) is 30.7 Å². The van der Waals surface area contributed by atoms with Gasteiger partial charge in [0.2, 0.25) is 0 Å². The van der Waals surface area contributed by atoms with Crippen LogP contribution in [0, 0.1) is 0 Å². The van der Waals surface area contributed by atoms with E-state index in [2.05, 4.69) is 17.0 Å². The first-order valence-corrected chi connectivity index (χ1v) is 5.66. The largest absolute Gasteiger partial charge is 0.465 e. The van der Waals surface area contributed by atoms with E-state index in [1.165, 1.54) is 25.5 Å². The maximum absolute atomic E-state index is 11.2. The van der Waals surface area contributed by atoms with Gasteiger partial charge in [-0.25, -0.2) is 4.79 Å². The molecule has 1 aromatic carbocycles.